The Labute approximate surface area is 45.9 Å². The normalized spacial score (nSPS) is 14.1. The zero-order valence-electron chi connectivity index (χ0n) is 4.85. The molecule has 1 atom stereocenters. The lowest BCUT2D eigenvalue weighted by molar-refractivity contribution is 0.647. The van der Waals surface area contributed by atoms with Gasteiger partial charge in [0.25, 0.3) is 0 Å². The molecule has 0 rings (SSSR count). The molecule has 2 radical (unpaired) electrons. The third-order valence-corrected chi connectivity index (χ3v) is 0.902. The van der Waals surface area contributed by atoms with E-state index < -0.39 is 0 Å². The van der Waals surface area contributed by atoms with Crippen molar-refractivity contribution in [2.75, 3.05) is 6.54 Å². The van der Waals surface area contributed by atoms with E-state index in [1.165, 1.54) is 0 Å². The highest BCUT2D eigenvalue weighted by atomic mass is 14.5. The molecule has 0 bridgehead atoms. The van der Waals surface area contributed by atoms with Crippen molar-refractivity contribution in [2.24, 2.45) is 11.7 Å². The van der Waals surface area contributed by atoms with Crippen LogP contribution in [0.1, 0.15) is 13.3 Å². The maximum Gasteiger partial charge on any atom is -0.00488 e. The summed E-state index contributed by atoms with van der Waals surface area (Å²) >= 11 is 0. The van der Waals surface area contributed by atoms with E-state index in [2.05, 4.69) is 13.3 Å². The first-order valence-electron chi connectivity index (χ1n) is 2.62. The fourth-order valence-electron chi connectivity index (χ4n) is 0.430. The second-order valence-corrected chi connectivity index (χ2v) is 1.75. The number of nitrogens with two attached hydrogens (primary N) is 1. The van der Waals surface area contributed by atoms with Crippen LogP contribution < -0.4 is 5.73 Å². The first-order chi connectivity index (χ1) is 3.31. The lowest BCUT2D eigenvalue weighted by atomic mass is 10.1. The predicted octanol–water partition coefficient (Wildman–Crippen LogP) is 1.01. The molecule has 0 aromatic heterocycles. The second-order valence-electron chi connectivity index (χ2n) is 1.75. The summed E-state index contributed by atoms with van der Waals surface area (Å²) in [5, 5.41) is 0. The fraction of sp³-hybridized carbons (Fsp3) is 0.667. The van der Waals surface area contributed by atoms with Crippen molar-refractivity contribution in [1.82, 2.24) is 0 Å². The minimum atomic E-state index is 0.421. The van der Waals surface area contributed by atoms with Gasteiger partial charge in [-0.3, -0.25) is 0 Å². The molecule has 0 heterocycles. The zero-order chi connectivity index (χ0) is 5.70. The van der Waals surface area contributed by atoms with Crippen molar-refractivity contribution in [1.29, 1.82) is 0 Å². The van der Waals surface area contributed by atoms with Gasteiger partial charge in [0.1, 0.15) is 0 Å². The molecular formula is C6H13N. The molecule has 2 N–H and O–H groups in total. The summed E-state index contributed by atoms with van der Waals surface area (Å²) in [5.74, 6) is 0.421. The lowest BCUT2D eigenvalue weighted by Crippen LogP contribution is -2.10. The van der Waals surface area contributed by atoms with Gasteiger partial charge in [0.05, 0.1) is 0 Å². The smallest absolute Gasteiger partial charge is 0.00488 e. The Kier molecular flexibility index (Phi) is 4.10. The largest absolute Gasteiger partial charge is 0.330 e. The van der Waals surface area contributed by atoms with E-state index >= 15 is 0 Å². The summed E-state index contributed by atoms with van der Waals surface area (Å²) in [6, 6.07) is 0. The summed E-state index contributed by atoms with van der Waals surface area (Å²) in [7, 11) is 0. The molecule has 0 amide bonds. The standard InChI is InChI=1S/C6H13N/c1-3-4-6(2)5-7/h3,6H,2,4-5,7H2,1H3. The van der Waals surface area contributed by atoms with Crippen molar-refractivity contribution < 1.29 is 0 Å². The van der Waals surface area contributed by atoms with Gasteiger partial charge in [-0.15, -0.1) is 0 Å². The first kappa shape index (κ1) is 6.96. The van der Waals surface area contributed by atoms with Gasteiger partial charge in [0.2, 0.25) is 0 Å². The van der Waals surface area contributed by atoms with Gasteiger partial charge >= 0.3 is 0 Å². The van der Waals surface area contributed by atoms with Crippen LogP contribution >= 0.6 is 0 Å². The first-order valence-corrected chi connectivity index (χ1v) is 2.62. The molecule has 7 heavy (non-hydrogen) atoms. The highest BCUT2D eigenvalue weighted by Gasteiger charge is 1.93. The molecule has 1 unspecified atom stereocenters. The van der Waals surface area contributed by atoms with Crippen LogP contribution in [0.5, 0.6) is 0 Å². The SMILES string of the molecule is [CH2]C(CN)C[CH]C. The zero-order valence-corrected chi connectivity index (χ0v) is 4.85. The lowest BCUT2D eigenvalue weighted by Gasteiger charge is -2.02. The van der Waals surface area contributed by atoms with Crippen LogP contribution in [0.15, 0.2) is 0 Å². The third-order valence-electron chi connectivity index (χ3n) is 0.902. The van der Waals surface area contributed by atoms with E-state index in [1.807, 2.05) is 6.92 Å². The Morgan fingerprint density at radius 1 is 1.86 bits per heavy atom. The average molecular weight is 99.2 g/mol. The minimum absolute atomic E-state index is 0.421. The molecule has 0 saturated heterocycles. The highest BCUT2D eigenvalue weighted by Crippen LogP contribution is 1.98. The van der Waals surface area contributed by atoms with Crippen LogP contribution in [0, 0.1) is 19.3 Å². The second kappa shape index (κ2) is 4.13. The summed E-state index contributed by atoms with van der Waals surface area (Å²) < 4.78 is 0. The van der Waals surface area contributed by atoms with Crippen molar-refractivity contribution >= 4 is 0 Å². The molecule has 0 saturated carbocycles. The molecule has 0 aromatic rings. The highest BCUT2D eigenvalue weighted by molar-refractivity contribution is 4.68. The van der Waals surface area contributed by atoms with E-state index in [1.54, 1.807) is 0 Å². The number of hydrogen-bond donors (Lipinski definition) is 1. The van der Waals surface area contributed by atoms with Gasteiger partial charge in [-0.25, -0.2) is 0 Å². The molecule has 1 nitrogen and oxygen atoms in total. The monoisotopic (exact) mass is 99.1 g/mol. The molecule has 42 valence electrons. The Balaban J connectivity index is 2.83. The van der Waals surface area contributed by atoms with Crippen LogP contribution in [0.4, 0.5) is 0 Å². The summed E-state index contributed by atoms with van der Waals surface area (Å²) in [5.41, 5.74) is 5.28. The van der Waals surface area contributed by atoms with Crippen LogP contribution in [0.3, 0.4) is 0 Å². The summed E-state index contributed by atoms with van der Waals surface area (Å²) in [4.78, 5) is 0. The van der Waals surface area contributed by atoms with Gasteiger partial charge < -0.3 is 5.73 Å². The van der Waals surface area contributed by atoms with Gasteiger partial charge in [-0.2, -0.15) is 0 Å². The Bertz CT molecular complexity index is 35.2. The van der Waals surface area contributed by atoms with E-state index in [-0.39, 0.29) is 0 Å². The molecule has 0 aliphatic rings. The molecule has 0 aromatic carbocycles. The minimum Gasteiger partial charge on any atom is -0.330 e. The summed E-state index contributed by atoms with van der Waals surface area (Å²) in [6.07, 6.45) is 3.13. The van der Waals surface area contributed by atoms with E-state index in [0.29, 0.717) is 12.5 Å². The molecule has 0 fully saturated rings. The van der Waals surface area contributed by atoms with Crippen LogP contribution in [0.25, 0.3) is 0 Å². The van der Waals surface area contributed by atoms with Crippen molar-refractivity contribution in [3.63, 3.8) is 0 Å². The maximum absolute atomic E-state index is 5.28. The molecule has 1 heteroatoms. The number of hydrogen-bond acceptors (Lipinski definition) is 1. The van der Waals surface area contributed by atoms with E-state index in [0.717, 1.165) is 6.42 Å². The average Bonchev–Trinajstić information content (AvgIpc) is 1.68. The molecule has 0 aliphatic heterocycles. The topological polar surface area (TPSA) is 26.0 Å². The van der Waals surface area contributed by atoms with Crippen LogP contribution in [-0.4, -0.2) is 6.54 Å². The summed E-state index contributed by atoms with van der Waals surface area (Å²) in [6.45, 7) is 6.51. The fourth-order valence-corrected chi connectivity index (χ4v) is 0.430. The molecular weight excluding hydrogens is 86.1 g/mol. The van der Waals surface area contributed by atoms with Crippen LogP contribution in [0.2, 0.25) is 0 Å². The van der Waals surface area contributed by atoms with E-state index in [4.69, 9.17) is 5.73 Å². The van der Waals surface area contributed by atoms with Gasteiger partial charge in [0, 0.05) is 0 Å². The Morgan fingerprint density at radius 2 is 2.43 bits per heavy atom. The van der Waals surface area contributed by atoms with Gasteiger partial charge in [-0.05, 0) is 32.2 Å². The van der Waals surface area contributed by atoms with Crippen molar-refractivity contribution in [3.8, 4) is 0 Å². The quantitative estimate of drug-likeness (QED) is 0.561. The van der Waals surface area contributed by atoms with Crippen molar-refractivity contribution in [3.05, 3.63) is 13.3 Å². The van der Waals surface area contributed by atoms with Crippen molar-refractivity contribution in [2.45, 2.75) is 13.3 Å². The van der Waals surface area contributed by atoms with E-state index in [9.17, 15) is 0 Å². The molecule has 0 aliphatic carbocycles. The van der Waals surface area contributed by atoms with Gasteiger partial charge in [0.15, 0.2) is 0 Å². The number of rotatable bonds is 3. The predicted molar refractivity (Wildman–Crippen MR) is 32.5 cm³/mol. The van der Waals surface area contributed by atoms with Gasteiger partial charge in [-0.1, -0.05) is 6.92 Å². The third kappa shape index (κ3) is 3.80. The Morgan fingerprint density at radius 3 is 2.57 bits per heavy atom. The maximum atomic E-state index is 5.28. The molecule has 0 spiro atoms. The van der Waals surface area contributed by atoms with Crippen LogP contribution in [-0.2, 0) is 0 Å². The Hall–Kier alpha value is -0.0400.